The van der Waals surface area contributed by atoms with Crippen LogP contribution in [0.25, 0.3) is 0 Å². The van der Waals surface area contributed by atoms with Crippen LogP contribution in [0.3, 0.4) is 0 Å². The molecule has 6 nitrogen and oxygen atoms in total. The van der Waals surface area contributed by atoms with Gasteiger partial charge in [0, 0.05) is 12.2 Å². The lowest BCUT2D eigenvalue weighted by molar-refractivity contribution is -0.137. The third kappa shape index (κ3) is 5.74. The average molecular weight is 463 g/mol. The molecular formula is C19H18ClF3N2O4S. The number of nitrogens with zero attached hydrogens (tertiary/aromatic N) is 1. The second-order valence-electron chi connectivity index (χ2n) is 6.01. The second kappa shape index (κ2) is 9.50. The lowest BCUT2D eigenvalue weighted by Crippen LogP contribution is -2.38. The number of hydrogen-bond acceptors (Lipinski definition) is 4. The van der Waals surface area contributed by atoms with E-state index in [1.54, 1.807) is 0 Å². The molecule has 1 N–H and O–H groups in total. The van der Waals surface area contributed by atoms with Gasteiger partial charge in [0.2, 0.25) is 15.9 Å². The number of nitrogens with one attached hydrogen (secondary N) is 1. The molecule has 30 heavy (non-hydrogen) atoms. The first-order valence-electron chi connectivity index (χ1n) is 8.40. The highest BCUT2D eigenvalue weighted by molar-refractivity contribution is 7.89. The largest absolute Gasteiger partial charge is 0.495 e. The highest BCUT2D eigenvalue weighted by atomic mass is 35.5. The van der Waals surface area contributed by atoms with E-state index in [1.165, 1.54) is 31.4 Å². The maximum Gasteiger partial charge on any atom is 0.416 e. The Morgan fingerprint density at radius 2 is 1.97 bits per heavy atom. The van der Waals surface area contributed by atoms with Crippen LogP contribution in [0.15, 0.2) is 60.0 Å². The van der Waals surface area contributed by atoms with Crippen molar-refractivity contribution in [1.82, 2.24) is 4.31 Å². The molecule has 2 aromatic rings. The topological polar surface area (TPSA) is 75.7 Å². The predicted octanol–water partition coefficient (Wildman–Crippen LogP) is 4.18. The Morgan fingerprint density at radius 3 is 2.53 bits per heavy atom. The fourth-order valence-electron chi connectivity index (χ4n) is 2.48. The van der Waals surface area contributed by atoms with Crippen molar-refractivity contribution in [2.24, 2.45) is 0 Å². The van der Waals surface area contributed by atoms with Crippen LogP contribution in [0.1, 0.15) is 5.56 Å². The Hall–Kier alpha value is -2.56. The summed E-state index contributed by atoms with van der Waals surface area (Å²) in [7, 11) is -2.98. The van der Waals surface area contributed by atoms with Gasteiger partial charge in [-0.2, -0.15) is 17.5 Å². The summed E-state index contributed by atoms with van der Waals surface area (Å²) in [5.74, 6) is -0.330. The second-order valence-corrected chi connectivity index (χ2v) is 8.35. The molecular weight excluding hydrogens is 445 g/mol. The van der Waals surface area contributed by atoms with Gasteiger partial charge in [0.1, 0.15) is 5.75 Å². The van der Waals surface area contributed by atoms with Gasteiger partial charge in [0.25, 0.3) is 0 Å². The summed E-state index contributed by atoms with van der Waals surface area (Å²) >= 11 is 5.98. The smallest absolute Gasteiger partial charge is 0.416 e. The summed E-state index contributed by atoms with van der Waals surface area (Å²) in [5.41, 5.74) is -0.819. The quantitative estimate of drug-likeness (QED) is 0.597. The Labute approximate surface area is 176 Å². The van der Waals surface area contributed by atoms with Gasteiger partial charge in [0.05, 0.1) is 29.1 Å². The van der Waals surface area contributed by atoms with Crippen LogP contribution in [0, 0.1) is 0 Å². The summed E-state index contributed by atoms with van der Waals surface area (Å²) in [5, 5.41) is 2.71. The van der Waals surface area contributed by atoms with E-state index in [-0.39, 0.29) is 11.6 Å². The van der Waals surface area contributed by atoms with Crippen LogP contribution in [-0.4, -0.2) is 38.8 Å². The third-order valence-electron chi connectivity index (χ3n) is 3.89. The van der Waals surface area contributed by atoms with Crippen molar-refractivity contribution in [2.75, 3.05) is 25.5 Å². The van der Waals surface area contributed by atoms with Crippen molar-refractivity contribution >= 4 is 33.2 Å². The fraction of sp³-hybridized carbons (Fsp3) is 0.211. The summed E-state index contributed by atoms with van der Waals surface area (Å²) < 4.78 is 70.2. The molecule has 0 atom stereocenters. The van der Waals surface area contributed by atoms with Gasteiger partial charge in [-0.1, -0.05) is 23.7 Å². The van der Waals surface area contributed by atoms with E-state index in [4.69, 9.17) is 16.3 Å². The van der Waals surface area contributed by atoms with Crippen LogP contribution >= 0.6 is 11.6 Å². The highest BCUT2D eigenvalue weighted by Gasteiger charge is 2.33. The van der Waals surface area contributed by atoms with Gasteiger partial charge in [0.15, 0.2) is 0 Å². The van der Waals surface area contributed by atoms with E-state index in [2.05, 4.69) is 11.9 Å². The molecule has 2 aromatic carbocycles. The summed E-state index contributed by atoms with van der Waals surface area (Å²) in [6.07, 6.45) is -3.48. The number of carbonyl (C=O) groups excluding carboxylic acids is 1. The minimum absolute atomic E-state index is 0.231. The van der Waals surface area contributed by atoms with Crippen LogP contribution in [-0.2, 0) is 21.0 Å². The Balaban J connectivity index is 2.25. The number of benzene rings is 2. The lowest BCUT2D eigenvalue weighted by atomic mass is 10.2. The highest BCUT2D eigenvalue weighted by Crippen LogP contribution is 2.31. The third-order valence-corrected chi connectivity index (χ3v) is 5.99. The first kappa shape index (κ1) is 23.7. The van der Waals surface area contributed by atoms with Gasteiger partial charge >= 0.3 is 6.18 Å². The maximum atomic E-state index is 12.9. The van der Waals surface area contributed by atoms with Crippen molar-refractivity contribution in [3.8, 4) is 5.75 Å². The molecule has 0 heterocycles. The molecule has 0 fully saturated rings. The summed E-state index contributed by atoms with van der Waals surface area (Å²) in [6.45, 7) is 2.51. The number of anilines is 1. The van der Waals surface area contributed by atoms with Crippen molar-refractivity contribution in [1.29, 1.82) is 0 Å². The molecule has 0 radical (unpaired) electrons. The molecule has 0 saturated carbocycles. The zero-order chi connectivity index (χ0) is 22.5. The van der Waals surface area contributed by atoms with E-state index < -0.39 is 39.1 Å². The van der Waals surface area contributed by atoms with Gasteiger partial charge in [-0.25, -0.2) is 8.42 Å². The number of carbonyl (C=O) groups is 1. The van der Waals surface area contributed by atoms with Crippen molar-refractivity contribution in [3.63, 3.8) is 0 Å². The zero-order valence-electron chi connectivity index (χ0n) is 15.7. The first-order valence-corrected chi connectivity index (χ1v) is 10.2. The van der Waals surface area contributed by atoms with E-state index >= 15 is 0 Å². The Kier molecular flexibility index (Phi) is 7.51. The molecule has 2 rings (SSSR count). The number of rotatable bonds is 8. The predicted molar refractivity (Wildman–Crippen MR) is 107 cm³/mol. The molecule has 11 heteroatoms. The molecule has 162 valence electrons. The van der Waals surface area contributed by atoms with Crippen molar-refractivity contribution in [2.45, 2.75) is 11.1 Å². The molecule has 0 saturated heterocycles. The molecule has 0 aliphatic carbocycles. The number of alkyl halides is 3. The normalized spacial score (nSPS) is 11.9. The summed E-state index contributed by atoms with van der Waals surface area (Å²) in [4.78, 5) is 11.8. The molecule has 0 unspecified atom stereocenters. The average Bonchev–Trinajstić information content (AvgIpc) is 2.67. The molecule has 1 amide bonds. The molecule has 0 aliphatic heterocycles. The van der Waals surface area contributed by atoms with E-state index in [0.717, 1.165) is 22.5 Å². The van der Waals surface area contributed by atoms with Gasteiger partial charge < -0.3 is 10.1 Å². The standard InChI is InChI=1S/C19H18ClF3N2O4S/c1-3-9-25(12-18(26)24-14-7-8-17(29-2)16(20)11-14)30(27,28)15-6-4-5-13(10-15)19(21,22)23/h3-8,10-11H,1,9,12H2,2H3,(H,24,26). The van der Waals surface area contributed by atoms with Crippen LogP contribution < -0.4 is 10.1 Å². The number of methoxy groups -OCH3 is 1. The Bertz CT molecular complexity index is 1040. The number of halogens is 4. The number of amides is 1. The van der Waals surface area contributed by atoms with E-state index in [1.807, 2.05) is 0 Å². The molecule has 0 aromatic heterocycles. The Morgan fingerprint density at radius 1 is 1.27 bits per heavy atom. The monoisotopic (exact) mass is 462 g/mol. The van der Waals surface area contributed by atoms with Gasteiger partial charge in [-0.3, -0.25) is 4.79 Å². The maximum absolute atomic E-state index is 12.9. The minimum Gasteiger partial charge on any atom is -0.495 e. The van der Waals surface area contributed by atoms with Crippen LogP contribution in [0.2, 0.25) is 5.02 Å². The number of ether oxygens (including phenoxy) is 1. The summed E-state index contributed by atoms with van der Waals surface area (Å²) in [6, 6.07) is 7.73. The molecule has 0 spiro atoms. The van der Waals surface area contributed by atoms with E-state index in [9.17, 15) is 26.4 Å². The van der Waals surface area contributed by atoms with Crippen molar-refractivity contribution in [3.05, 3.63) is 65.7 Å². The minimum atomic E-state index is -4.71. The van der Waals surface area contributed by atoms with Gasteiger partial charge in [-0.15, -0.1) is 6.58 Å². The van der Waals surface area contributed by atoms with Crippen LogP contribution in [0.5, 0.6) is 5.75 Å². The zero-order valence-corrected chi connectivity index (χ0v) is 17.3. The first-order chi connectivity index (χ1) is 14.0. The lowest BCUT2D eigenvalue weighted by Gasteiger charge is -2.21. The fourth-order valence-corrected chi connectivity index (χ4v) is 4.15. The SMILES string of the molecule is C=CCN(CC(=O)Nc1ccc(OC)c(Cl)c1)S(=O)(=O)c1cccc(C(F)(F)F)c1. The molecule has 0 aliphatic rings. The van der Waals surface area contributed by atoms with E-state index in [0.29, 0.717) is 17.5 Å². The van der Waals surface area contributed by atoms with Crippen LogP contribution in [0.4, 0.5) is 18.9 Å². The van der Waals surface area contributed by atoms with Gasteiger partial charge in [-0.05, 0) is 36.4 Å². The number of hydrogen-bond donors (Lipinski definition) is 1. The molecule has 0 bridgehead atoms. The number of sulfonamides is 1. The van der Waals surface area contributed by atoms with Crippen molar-refractivity contribution < 1.29 is 31.1 Å².